The molecule has 8 nitrogen and oxygen atoms in total. The third-order valence-corrected chi connectivity index (χ3v) is 3.08. The van der Waals surface area contributed by atoms with E-state index in [9.17, 15) is 24.5 Å². The van der Waals surface area contributed by atoms with Gasteiger partial charge in [-0.1, -0.05) is 6.07 Å². The molecular weight excluding hydrogens is 280 g/mol. The maximum absolute atomic E-state index is 12.2. The van der Waals surface area contributed by atoms with E-state index in [0.29, 0.717) is 12.0 Å². The quantitative estimate of drug-likeness (QED) is 0.343. The maximum Gasteiger partial charge on any atom is 0.397 e. The molecule has 1 aromatic rings. The van der Waals surface area contributed by atoms with Gasteiger partial charge >= 0.3 is 11.9 Å². The number of nitrogens with zero attached hydrogens (tertiary/aromatic N) is 2. The lowest BCUT2D eigenvalue weighted by molar-refractivity contribution is -0.384. The zero-order valence-electron chi connectivity index (χ0n) is 11.2. The van der Waals surface area contributed by atoms with Gasteiger partial charge in [-0.05, 0) is 18.9 Å². The molecule has 0 atom stereocenters. The molecule has 110 valence electrons. The van der Waals surface area contributed by atoms with Crippen molar-refractivity contribution in [1.82, 2.24) is 4.90 Å². The highest BCUT2D eigenvalue weighted by Crippen LogP contribution is 2.24. The molecule has 0 bridgehead atoms. The lowest BCUT2D eigenvalue weighted by atomic mass is 9.98. The molecule has 21 heavy (non-hydrogen) atoms. The second kappa shape index (κ2) is 5.70. The highest BCUT2D eigenvalue weighted by molar-refractivity contribution is 6.36. The molecule has 1 heterocycles. The fourth-order valence-corrected chi connectivity index (χ4v) is 2.07. The summed E-state index contributed by atoms with van der Waals surface area (Å²) in [6.07, 6.45) is 0.338. The van der Waals surface area contributed by atoms with E-state index in [1.807, 2.05) is 0 Å². The summed E-state index contributed by atoms with van der Waals surface area (Å²) in [5, 5.41) is 10.7. The van der Waals surface area contributed by atoms with Crippen molar-refractivity contribution in [3.8, 4) is 0 Å². The lowest BCUT2D eigenvalue weighted by Gasteiger charge is -2.25. The molecule has 1 aliphatic rings. The first-order valence-corrected chi connectivity index (χ1v) is 6.26. The van der Waals surface area contributed by atoms with Crippen molar-refractivity contribution in [3.05, 3.63) is 39.4 Å². The number of benzene rings is 1. The van der Waals surface area contributed by atoms with Crippen molar-refractivity contribution in [2.24, 2.45) is 0 Å². The Bertz CT molecular complexity index is 640. The number of hydrogen-bond acceptors (Lipinski definition) is 6. The number of fused-ring (bicyclic) bond motifs is 1. The van der Waals surface area contributed by atoms with Crippen LogP contribution in [0.3, 0.4) is 0 Å². The summed E-state index contributed by atoms with van der Waals surface area (Å²) in [7, 11) is 0. The summed E-state index contributed by atoms with van der Waals surface area (Å²) in [4.78, 5) is 46.3. The first-order chi connectivity index (χ1) is 9.95. The molecule has 0 unspecified atom stereocenters. The van der Waals surface area contributed by atoms with Gasteiger partial charge in [0.25, 0.3) is 11.6 Å². The van der Waals surface area contributed by atoms with E-state index < -0.39 is 22.7 Å². The Labute approximate surface area is 119 Å². The van der Waals surface area contributed by atoms with Gasteiger partial charge < -0.3 is 4.74 Å². The minimum atomic E-state index is -1.11. The van der Waals surface area contributed by atoms with Gasteiger partial charge in [0.15, 0.2) is 0 Å². The Morgan fingerprint density at radius 1 is 1.43 bits per heavy atom. The van der Waals surface area contributed by atoms with E-state index in [4.69, 9.17) is 0 Å². The summed E-state index contributed by atoms with van der Waals surface area (Å²) in [6, 6.07) is 3.90. The largest absolute Gasteiger partial charge is 0.459 e. The molecule has 2 rings (SSSR count). The van der Waals surface area contributed by atoms with Gasteiger partial charge in [-0.15, -0.1) is 0 Å². The molecule has 0 aromatic heterocycles. The molecule has 1 aromatic carbocycles. The van der Waals surface area contributed by atoms with E-state index in [-0.39, 0.29) is 24.4 Å². The van der Waals surface area contributed by atoms with Gasteiger partial charge in [0.1, 0.15) is 0 Å². The van der Waals surface area contributed by atoms with Crippen molar-refractivity contribution in [2.45, 2.75) is 13.3 Å². The van der Waals surface area contributed by atoms with E-state index >= 15 is 0 Å². The molecule has 2 amide bonds. The van der Waals surface area contributed by atoms with Crippen molar-refractivity contribution in [2.75, 3.05) is 13.2 Å². The van der Waals surface area contributed by atoms with Crippen LogP contribution in [0.4, 0.5) is 5.69 Å². The predicted octanol–water partition coefficient (Wildman–Crippen LogP) is 0.683. The number of carbonyl (C=O) groups is 3. The maximum atomic E-state index is 12.2. The molecule has 0 saturated carbocycles. The van der Waals surface area contributed by atoms with Gasteiger partial charge in [0, 0.05) is 18.7 Å². The Morgan fingerprint density at radius 3 is 2.76 bits per heavy atom. The van der Waals surface area contributed by atoms with Crippen LogP contribution in [0.5, 0.6) is 0 Å². The number of rotatable bonds is 2. The molecule has 8 heteroatoms. The highest BCUT2D eigenvalue weighted by atomic mass is 16.6. The van der Waals surface area contributed by atoms with Gasteiger partial charge in [0.05, 0.1) is 17.1 Å². The molecule has 0 radical (unpaired) electrons. The first-order valence-electron chi connectivity index (χ1n) is 6.26. The number of imide groups is 1. The Hall–Kier alpha value is -2.77. The summed E-state index contributed by atoms with van der Waals surface area (Å²) in [6.45, 7) is 1.61. The summed E-state index contributed by atoms with van der Waals surface area (Å²) < 4.78 is 4.56. The molecule has 0 aliphatic carbocycles. The number of esters is 1. The molecule has 1 aliphatic heterocycles. The molecule has 0 fully saturated rings. The Morgan fingerprint density at radius 2 is 2.14 bits per heavy atom. The average Bonchev–Trinajstić information content (AvgIpc) is 2.47. The Kier molecular flexibility index (Phi) is 3.97. The Balaban J connectivity index is 2.31. The zero-order valence-corrected chi connectivity index (χ0v) is 11.2. The van der Waals surface area contributed by atoms with Crippen LogP contribution >= 0.6 is 0 Å². The number of carbonyl (C=O) groups excluding carboxylic acids is 3. The number of ether oxygens (including phenoxy) is 1. The molecular formula is C13H12N2O6. The van der Waals surface area contributed by atoms with Crippen molar-refractivity contribution < 1.29 is 24.0 Å². The van der Waals surface area contributed by atoms with Crippen LogP contribution < -0.4 is 0 Å². The first kappa shape index (κ1) is 14.6. The number of amides is 2. The smallest absolute Gasteiger partial charge is 0.397 e. The normalized spacial score (nSPS) is 13.6. The SMILES string of the molecule is CCOC(=O)C(=O)N1CCc2ccc([N+](=O)[O-])cc2C1=O. The van der Waals surface area contributed by atoms with E-state index in [1.165, 1.54) is 12.1 Å². The minimum Gasteiger partial charge on any atom is -0.459 e. The molecule has 0 saturated heterocycles. The predicted molar refractivity (Wildman–Crippen MR) is 69.5 cm³/mol. The van der Waals surface area contributed by atoms with E-state index in [0.717, 1.165) is 11.0 Å². The second-order valence-electron chi connectivity index (χ2n) is 4.33. The van der Waals surface area contributed by atoms with Crippen molar-refractivity contribution in [1.29, 1.82) is 0 Å². The monoisotopic (exact) mass is 292 g/mol. The highest BCUT2D eigenvalue weighted by Gasteiger charge is 2.34. The number of nitro groups is 1. The van der Waals surface area contributed by atoms with Crippen LogP contribution in [0, 0.1) is 10.1 Å². The van der Waals surface area contributed by atoms with Gasteiger partial charge in [-0.2, -0.15) is 0 Å². The van der Waals surface area contributed by atoms with Crippen molar-refractivity contribution in [3.63, 3.8) is 0 Å². The zero-order chi connectivity index (χ0) is 15.6. The van der Waals surface area contributed by atoms with Crippen LogP contribution in [0.1, 0.15) is 22.8 Å². The standard InChI is InChI=1S/C13H12N2O6/c1-2-21-13(18)12(17)14-6-5-8-3-4-9(15(19)20)7-10(8)11(14)16/h3-4,7H,2,5-6H2,1H3. The number of non-ortho nitro benzene ring substituents is 1. The molecule has 0 spiro atoms. The fraction of sp³-hybridized carbons (Fsp3) is 0.308. The number of hydrogen-bond donors (Lipinski definition) is 0. The van der Waals surface area contributed by atoms with Crippen LogP contribution in [0.15, 0.2) is 18.2 Å². The average molecular weight is 292 g/mol. The van der Waals surface area contributed by atoms with Crippen LogP contribution in [0.25, 0.3) is 0 Å². The van der Waals surface area contributed by atoms with Gasteiger partial charge in [0.2, 0.25) is 0 Å². The summed E-state index contributed by atoms with van der Waals surface area (Å²) in [5.74, 6) is -2.89. The van der Waals surface area contributed by atoms with Crippen molar-refractivity contribution >= 4 is 23.5 Å². The third kappa shape index (κ3) is 2.73. The topological polar surface area (TPSA) is 107 Å². The second-order valence-corrected chi connectivity index (χ2v) is 4.33. The van der Waals surface area contributed by atoms with E-state index in [2.05, 4.69) is 4.74 Å². The van der Waals surface area contributed by atoms with E-state index in [1.54, 1.807) is 6.92 Å². The lowest BCUT2D eigenvalue weighted by Crippen LogP contribution is -2.45. The minimum absolute atomic E-state index is 0.0225. The fourth-order valence-electron chi connectivity index (χ4n) is 2.07. The van der Waals surface area contributed by atoms with Gasteiger partial charge in [-0.3, -0.25) is 24.6 Å². The third-order valence-electron chi connectivity index (χ3n) is 3.08. The van der Waals surface area contributed by atoms with Crippen LogP contribution in [0.2, 0.25) is 0 Å². The van der Waals surface area contributed by atoms with Crippen LogP contribution in [-0.2, 0) is 20.7 Å². The summed E-state index contributed by atoms with van der Waals surface area (Å²) in [5.41, 5.74) is 0.430. The van der Waals surface area contributed by atoms with Gasteiger partial charge in [-0.25, -0.2) is 4.79 Å². The summed E-state index contributed by atoms with van der Waals surface area (Å²) >= 11 is 0. The molecule has 0 N–H and O–H groups in total. The number of nitro benzene ring substituents is 1. The van der Waals surface area contributed by atoms with Crippen LogP contribution in [-0.4, -0.2) is 40.8 Å².